The molecule has 0 saturated carbocycles. The standard InChI is InChI=1S/C17H27N3O2/c1-13-6-7-14(11-16(13)21-3)8-9-19-17(18-2)20-12-15-5-4-10-22-15/h6-7,11,15H,4-5,8-10,12H2,1-3H3,(H2,18,19,20). The lowest BCUT2D eigenvalue weighted by Gasteiger charge is -2.15. The highest BCUT2D eigenvalue weighted by atomic mass is 16.5. The Morgan fingerprint density at radius 1 is 1.41 bits per heavy atom. The second kappa shape index (κ2) is 8.63. The average molecular weight is 305 g/mol. The van der Waals surface area contributed by atoms with Gasteiger partial charge in [0.05, 0.1) is 13.2 Å². The van der Waals surface area contributed by atoms with Crippen LogP contribution in [0.3, 0.4) is 0 Å². The lowest BCUT2D eigenvalue weighted by molar-refractivity contribution is 0.114. The topological polar surface area (TPSA) is 54.9 Å². The molecule has 5 heteroatoms. The van der Waals surface area contributed by atoms with Gasteiger partial charge in [0, 0.05) is 26.7 Å². The maximum absolute atomic E-state index is 5.60. The highest BCUT2D eigenvalue weighted by molar-refractivity contribution is 5.79. The number of guanidine groups is 1. The van der Waals surface area contributed by atoms with Crippen LogP contribution in [0.5, 0.6) is 5.75 Å². The summed E-state index contributed by atoms with van der Waals surface area (Å²) in [6, 6.07) is 6.33. The van der Waals surface area contributed by atoms with Gasteiger partial charge >= 0.3 is 0 Å². The fourth-order valence-electron chi connectivity index (χ4n) is 2.58. The minimum atomic E-state index is 0.319. The van der Waals surface area contributed by atoms with Crippen LogP contribution in [0, 0.1) is 6.92 Å². The Balaban J connectivity index is 1.74. The van der Waals surface area contributed by atoms with Crippen LogP contribution < -0.4 is 15.4 Å². The first kappa shape index (κ1) is 16.6. The predicted octanol–water partition coefficient (Wildman–Crippen LogP) is 1.89. The summed E-state index contributed by atoms with van der Waals surface area (Å²) < 4.78 is 11.0. The lowest BCUT2D eigenvalue weighted by atomic mass is 10.1. The van der Waals surface area contributed by atoms with Gasteiger partial charge < -0.3 is 20.1 Å². The van der Waals surface area contributed by atoms with Gasteiger partial charge in [-0.05, 0) is 43.4 Å². The van der Waals surface area contributed by atoms with Gasteiger partial charge in [-0.3, -0.25) is 4.99 Å². The third kappa shape index (κ3) is 4.91. The molecule has 1 aromatic carbocycles. The van der Waals surface area contributed by atoms with Crippen LogP contribution in [0.1, 0.15) is 24.0 Å². The first-order valence-corrected chi connectivity index (χ1v) is 7.92. The van der Waals surface area contributed by atoms with E-state index in [1.165, 1.54) is 5.56 Å². The second-order valence-electron chi connectivity index (χ2n) is 5.57. The Morgan fingerprint density at radius 3 is 2.95 bits per heavy atom. The zero-order chi connectivity index (χ0) is 15.8. The Kier molecular flexibility index (Phi) is 6.52. The minimum Gasteiger partial charge on any atom is -0.496 e. The molecule has 0 radical (unpaired) electrons. The van der Waals surface area contributed by atoms with Crippen LogP contribution in [0.2, 0.25) is 0 Å². The van der Waals surface area contributed by atoms with Crippen molar-refractivity contribution in [1.29, 1.82) is 0 Å². The summed E-state index contributed by atoms with van der Waals surface area (Å²) in [5.41, 5.74) is 2.41. The van der Waals surface area contributed by atoms with Crippen molar-refractivity contribution in [2.45, 2.75) is 32.3 Å². The van der Waals surface area contributed by atoms with Crippen LogP contribution in [-0.2, 0) is 11.2 Å². The van der Waals surface area contributed by atoms with E-state index in [9.17, 15) is 0 Å². The largest absolute Gasteiger partial charge is 0.496 e. The second-order valence-corrected chi connectivity index (χ2v) is 5.57. The molecule has 1 heterocycles. The van der Waals surface area contributed by atoms with Crippen LogP contribution in [0.15, 0.2) is 23.2 Å². The normalized spacial score (nSPS) is 18.3. The van der Waals surface area contributed by atoms with Crippen molar-refractivity contribution >= 4 is 5.96 Å². The molecule has 1 aliphatic rings. The van der Waals surface area contributed by atoms with Crippen LogP contribution in [0.4, 0.5) is 0 Å². The molecule has 122 valence electrons. The Labute approximate surface area is 133 Å². The summed E-state index contributed by atoms with van der Waals surface area (Å²) in [6.07, 6.45) is 3.54. The molecule has 1 saturated heterocycles. The number of rotatable bonds is 6. The number of ether oxygens (including phenoxy) is 2. The number of benzene rings is 1. The Morgan fingerprint density at radius 2 is 2.27 bits per heavy atom. The molecule has 0 aromatic heterocycles. The number of aryl methyl sites for hydroxylation is 1. The van der Waals surface area contributed by atoms with E-state index in [1.807, 2.05) is 0 Å². The molecule has 1 aromatic rings. The maximum atomic E-state index is 5.60. The predicted molar refractivity (Wildman–Crippen MR) is 89.8 cm³/mol. The molecular formula is C17H27N3O2. The number of methoxy groups -OCH3 is 1. The lowest BCUT2D eigenvalue weighted by Crippen LogP contribution is -2.41. The van der Waals surface area contributed by atoms with Gasteiger partial charge in [0.1, 0.15) is 5.75 Å². The van der Waals surface area contributed by atoms with E-state index in [4.69, 9.17) is 9.47 Å². The summed E-state index contributed by atoms with van der Waals surface area (Å²) in [5, 5.41) is 6.65. The van der Waals surface area contributed by atoms with Gasteiger partial charge in [-0.1, -0.05) is 12.1 Å². The molecule has 0 spiro atoms. The smallest absolute Gasteiger partial charge is 0.191 e. The first-order chi connectivity index (χ1) is 10.7. The van der Waals surface area contributed by atoms with Crippen molar-refractivity contribution in [2.24, 2.45) is 4.99 Å². The van der Waals surface area contributed by atoms with Crippen LogP contribution in [0.25, 0.3) is 0 Å². The van der Waals surface area contributed by atoms with Crippen LogP contribution in [-0.4, -0.2) is 45.9 Å². The van der Waals surface area contributed by atoms with Gasteiger partial charge in [-0.2, -0.15) is 0 Å². The van der Waals surface area contributed by atoms with E-state index in [0.29, 0.717) is 6.10 Å². The van der Waals surface area contributed by atoms with E-state index in [1.54, 1.807) is 14.2 Å². The number of nitrogens with zero attached hydrogens (tertiary/aromatic N) is 1. The van der Waals surface area contributed by atoms with E-state index in [-0.39, 0.29) is 0 Å². The van der Waals surface area contributed by atoms with Gasteiger partial charge in [0.2, 0.25) is 0 Å². The van der Waals surface area contributed by atoms with Crippen molar-refractivity contribution in [3.63, 3.8) is 0 Å². The van der Waals surface area contributed by atoms with Crippen molar-refractivity contribution in [1.82, 2.24) is 10.6 Å². The van der Waals surface area contributed by atoms with Gasteiger partial charge in [-0.15, -0.1) is 0 Å². The molecule has 0 aliphatic carbocycles. The molecule has 0 amide bonds. The number of nitrogens with one attached hydrogen (secondary N) is 2. The number of hydrogen-bond donors (Lipinski definition) is 2. The van der Waals surface area contributed by atoms with E-state index in [2.05, 4.69) is 40.7 Å². The average Bonchev–Trinajstić information content (AvgIpc) is 3.05. The summed E-state index contributed by atoms with van der Waals surface area (Å²) in [5.74, 6) is 1.77. The molecular weight excluding hydrogens is 278 g/mol. The zero-order valence-corrected chi connectivity index (χ0v) is 13.8. The quantitative estimate of drug-likeness (QED) is 0.622. The monoisotopic (exact) mass is 305 g/mol. The summed E-state index contributed by atoms with van der Waals surface area (Å²) in [6.45, 7) is 4.58. The molecule has 0 bridgehead atoms. The molecule has 1 aliphatic heterocycles. The number of hydrogen-bond acceptors (Lipinski definition) is 3. The zero-order valence-electron chi connectivity index (χ0n) is 13.8. The fraction of sp³-hybridized carbons (Fsp3) is 0.588. The van der Waals surface area contributed by atoms with Gasteiger partial charge in [0.25, 0.3) is 0 Å². The molecule has 1 unspecified atom stereocenters. The molecule has 1 atom stereocenters. The molecule has 5 nitrogen and oxygen atoms in total. The molecule has 2 rings (SSSR count). The van der Waals surface area contributed by atoms with E-state index < -0.39 is 0 Å². The van der Waals surface area contributed by atoms with Crippen molar-refractivity contribution < 1.29 is 9.47 Å². The maximum Gasteiger partial charge on any atom is 0.191 e. The molecule has 22 heavy (non-hydrogen) atoms. The number of aliphatic imine (C=N–C) groups is 1. The van der Waals surface area contributed by atoms with E-state index in [0.717, 1.165) is 56.2 Å². The Hall–Kier alpha value is -1.75. The SMILES string of the molecule is CN=C(NCCc1ccc(C)c(OC)c1)NCC1CCCO1. The fourth-order valence-corrected chi connectivity index (χ4v) is 2.58. The molecule has 2 N–H and O–H groups in total. The van der Waals surface area contributed by atoms with Crippen LogP contribution >= 0.6 is 0 Å². The third-order valence-electron chi connectivity index (χ3n) is 3.92. The van der Waals surface area contributed by atoms with E-state index >= 15 is 0 Å². The highest BCUT2D eigenvalue weighted by Gasteiger charge is 2.15. The summed E-state index contributed by atoms with van der Waals surface area (Å²) in [4.78, 5) is 4.24. The van der Waals surface area contributed by atoms with Crippen molar-refractivity contribution in [3.05, 3.63) is 29.3 Å². The van der Waals surface area contributed by atoms with Crippen molar-refractivity contribution in [2.75, 3.05) is 33.9 Å². The minimum absolute atomic E-state index is 0.319. The highest BCUT2D eigenvalue weighted by Crippen LogP contribution is 2.19. The van der Waals surface area contributed by atoms with Gasteiger partial charge in [-0.25, -0.2) is 0 Å². The van der Waals surface area contributed by atoms with Crippen molar-refractivity contribution in [3.8, 4) is 5.75 Å². The Bertz CT molecular complexity index is 497. The third-order valence-corrected chi connectivity index (χ3v) is 3.92. The summed E-state index contributed by atoms with van der Waals surface area (Å²) in [7, 11) is 3.50. The summed E-state index contributed by atoms with van der Waals surface area (Å²) >= 11 is 0. The van der Waals surface area contributed by atoms with Gasteiger partial charge in [0.15, 0.2) is 5.96 Å². The first-order valence-electron chi connectivity index (χ1n) is 7.92. The molecule has 1 fully saturated rings.